The predicted molar refractivity (Wildman–Crippen MR) is 80.9 cm³/mol. The number of furan rings is 1. The summed E-state index contributed by atoms with van der Waals surface area (Å²) < 4.78 is 5.74. The molecule has 0 aliphatic heterocycles. The third-order valence-corrected chi connectivity index (χ3v) is 3.94. The lowest BCUT2D eigenvalue weighted by atomic mass is 9.96. The Hall–Kier alpha value is -2.06. The fourth-order valence-corrected chi connectivity index (χ4v) is 2.63. The summed E-state index contributed by atoms with van der Waals surface area (Å²) in [5.74, 6) is 0.775. The van der Waals surface area contributed by atoms with Crippen LogP contribution >= 0.6 is 0 Å². The standard InChI is InChI=1S/C18H18O2/c1-11-8-9-14(10-12(11)2)18(19)17-13(3)20-16-7-5-4-6-15(16)17/h4-10,18-19H,1-3H3. The van der Waals surface area contributed by atoms with Crippen LogP contribution < -0.4 is 0 Å². The highest BCUT2D eigenvalue weighted by atomic mass is 16.3. The van der Waals surface area contributed by atoms with Crippen molar-refractivity contribution in [3.63, 3.8) is 0 Å². The average Bonchev–Trinajstić information content (AvgIpc) is 2.77. The van der Waals surface area contributed by atoms with Crippen molar-refractivity contribution < 1.29 is 9.52 Å². The van der Waals surface area contributed by atoms with Crippen molar-refractivity contribution >= 4 is 11.0 Å². The summed E-state index contributed by atoms with van der Waals surface area (Å²) in [4.78, 5) is 0. The Morgan fingerprint density at radius 3 is 2.45 bits per heavy atom. The van der Waals surface area contributed by atoms with Gasteiger partial charge in [-0.3, -0.25) is 0 Å². The molecule has 0 aliphatic carbocycles. The number of aryl methyl sites for hydroxylation is 3. The molecular weight excluding hydrogens is 248 g/mol. The van der Waals surface area contributed by atoms with Gasteiger partial charge >= 0.3 is 0 Å². The van der Waals surface area contributed by atoms with Gasteiger partial charge in [0.1, 0.15) is 17.4 Å². The number of hydrogen-bond donors (Lipinski definition) is 1. The highest BCUT2D eigenvalue weighted by molar-refractivity contribution is 5.83. The Labute approximate surface area is 118 Å². The monoisotopic (exact) mass is 266 g/mol. The Balaban J connectivity index is 2.14. The number of fused-ring (bicyclic) bond motifs is 1. The molecule has 1 N–H and O–H groups in total. The maximum atomic E-state index is 10.7. The van der Waals surface area contributed by atoms with Crippen molar-refractivity contribution in [2.24, 2.45) is 0 Å². The minimum atomic E-state index is -0.655. The van der Waals surface area contributed by atoms with E-state index in [1.807, 2.05) is 49.4 Å². The molecule has 3 rings (SSSR count). The van der Waals surface area contributed by atoms with Gasteiger partial charge in [0, 0.05) is 10.9 Å². The van der Waals surface area contributed by atoms with Crippen LogP contribution in [0.2, 0.25) is 0 Å². The first-order chi connectivity index (χ1) is 9.58. The molecule has 1 aromatic heterocycles. The number of para-hydroxylation sites is 1. The molecule has 2 aromatic carbocycles. The van der Waals surface area contributed by atoms with Gasteiger partial charge in [0.15, 0.2) is 0 Å². The molecule has 20 heavy (non-hydrogen) atoms. The van der Waals surface area contributed by atoms with Gasteiger partial charge in [-0.25, -0.2) is 0 Å². The number of hydrogen-bond acceptors (Lipinski definition) is 2. The lowest BCUT2D eigenvalue weighted by Gasteiger charge is -2.13. The van der Waals surface area contributed by atoms with E-state index in [2.05, 4.69) is 13.8 Å². The molecule has 1 heterocycles. The van der Waals surface area contributed by atoms with Gasteiger partial charge in [-0.2, -0.15) is 0 Å². The van der Waals surface area contributed by atoms with E-state index in [1.54, 1.807) is 0 Å². The smallest absolute Gasteiger partial charge is 0.134 e. The van der Waals surface area contributed by atoms with Crippen molar-refractivity contribution in [2.45, 2.75) is 26.9 Å². The molecule has 0 fully saturated rings. The number of rotatable bonds is 2. The van der Waals surface area contributed by atoms with Crippen LogP contribution in [0.1, 0.15) is 34.1 Å². The van der Waals surface area contributed by atoms with Crippen LogP contribution in [-0.2, 0) is 0 Å². The second-order valence-corrected chi connectivity index (χ2v) is 5.31. The molecule has 0 bridgehead atoms. The lowest BCUT2D eigenvalue weighted by molar-refractivity contribution is 0.219. The molecular formula is C18H18O2. The van der Waals surface area contributed by atoms with Crippen molar-refractivity contribution in [1.29, 1.82) is 0 Å². The molecule has 1 unspecified atom stereocenters. The van der Waals surface area contributed by atoms with Crippen LogP contribution in [0.4, 0.5) is 0 Å². The van der Waals surface area contributed by atoms with Crippen LogP contribution in [-0.4, -0.2) is 5.11 Å². The van der Waals surface area contributed by atoms with Gasteiger partial charge in [0.2, 0.25) is 0 Å². The second-order valence-electron chi connectivity index (χ2n) is 5.31. The van der Waals surface area contributed by atoms with E-state index in [-0.39, 0.29) is 0 Å². The third kappa shape index (κ3) is 2.02. The second kappa shape index (κ2) is 4.80. The normalized spacial score (nSPS) is 12.8. The maximum absolute atomic E-state index is 10.7. The van der Waals surface area contributed by atoms with E-state index in [4.69, 9.17) is 4.42 Å². The van der Waals surface area contributed by atoms with Gasteiger partial charge < -0.3 is 9.52 Å². The van der Waals surface area contributed by atoms with Gasteiger partial charge in [-0.1, -0.05) is 36.4 Å². The fourth-order valence-electron chi connectivity index (χ4n) is 2.63. The molecule has 2 nitrogen and oxygen atoms in total. The van der Waals surface area contributed by atoms with E-state index in [0.717, 1.165) is 27.9 Å². The summed E-state index contributed by atoms with van der Waals surface area (Å²) in [5.41, 5.74) is 5.01. The van der Waals surface area contributed by atoms with Crippen molar-refractivity contribution in [1.82, 2.24) is 0 Å². The minimum Gasteiger partial charge on any atom is -0.461 e. The molecule has 1 atom stereocenters. The first-order valence-electron chi connectivity index (χ1n) is 6.81. The van der Waals surface area contributed by atoms with Gasteiger partial charge in [0.25, 0.3) is 0 Å². The zero-order valence-electron chi connectivity index (χ0n) is 12.0. The van der Waals surface area contributed by atoms with E-state index < -0.39 is 6.10 Å². The topological polar surface area (TPSA) is 33.4 Å². The molecule has 0 saturated carbocycles. The number of aliphatic hydroxyl groups excluding tert-OH is 1. The van der Waals surface area contributed by atoms with E-state index >= 15 is 0 Å². The highest BCUT2D eigenvalue weighted by Gasteiger charge is 2.20. The Kier molecular flexibility index (Phi) is 3.11. The molecule has 0 spiro atoms. The summed E-state index contributed by atoms with van der Waals surface area (Å²) in [6.07, 6.45) is -0.655. The summed E-state index contributed by atoms with van der Waals surface area (Å²) >= 11 is 0. The quantitative estimate of drug-likeness (QED) is 0.744. The average molecular weight is 266 g/mol. The van der Waals surface area contributed by atoms with E-state index in [0.29, 0.717) is 0 Å². The van der Waals surface area contributed by atoms with Crippen LogP contribution in [0, 0.1) is 20.8 Å². The molecule has 0 saturated heterocycles. The minimum absolute atomic E-state index is 0.655. The van der Waals surface area contributed by atoms with Crippen molar-refractivity contribution in [3.8, 4) is 0 Å². The van der Waals surface area contributed by atoms with Crippen molar-refractivity contribution in [2.75, 3.05) is 0 Å². The lowest BCUT2D eigenvalue weighted by Crippen LogP contribution is -2.01. The number of aliphatic hydroxyl groups is 1. The third-order valence-electron chi connectivity index (χ3n) is 3.94. The highest BCUT2D eigenvalue weighted by Crippen LogP contribution is 2.34. The fraction of sp³-hybridized carbons (Fsp3) is 0.222. The summed E-state index contributed by atoms with van der Waals surface area (Å²) in [6.45, 7) is 6.04. The van der Waals surface area contributed by atoms with Crippen LogP contribution in [0.15, 0.2) is 46.9 Å². The predicted octanol–water partition coefficient (Wildman–Crippen LogP) is 4.44. The molecule has 2 heteroatoms. The molecule has 0 radical (unpaired) electrons. The Bertz CT molecular complexity index is 768. The van der Waals surface area contributed by atoms with Gasteiger partial charge in [-0.15, -0.1) is 0 Å². The molecule has 102 valence electrons. The summed E-state index contributed by atoms with van der Waals surface area (Å²) in [6, 6.07) is 13.9. The largest absolute Gasteiger partial charge is 0.461 e. The number of benzene rings is 2. The van der Waals surface area contributed by atoms with Crippen LogP contribution in [0.25, 0.3) is 11.0 Å². The molecule has 0 aliphatic rings. The molecule has 0 amide bonds. The summed E-state index contributed by atoms with van der Waals surface area (Å²) in [7, 11) is 0. The zero-order chi connectivity index (χ0) is 14.3. The maximum Gasteiger partial charge on any atom is 0.134 e. The van der Waals surface area contributed by atoms with Gasteiger partial charge in [0.05, 0.1) is 0 Å². The first kappa shape index (κ1) is 12.9. The zero-order valence-corrected chi connectivity index (χ0v) is 12.0. The Morgan fingerprint density at radius 1 is 0.950 bits per heavy atom. The summed E-state index contributed by atoms with van der Waals surface area (Å²) in [5, 5.41) is 11.7. The SMILES string of the molecule is Cc1ccc(C(O)c2c(C)oc3ccccc23)cc1C. The van der Waals surface area contributed by atoms with Crippen molar-refractivity contribution in [3.05, 3.63) is 70.5 Å². The molecule has 3 aromatic rings. The van der Waals surface area contributed by atoms with E-state index in [9.17, 15) is 5.11 Å². The van der Waals surface area contributed by atoms with Crippen LogP contribution in [0.5, 0.6) is 0 Å². The van der Waals surface area contributed by atoms with E-state index in [1.165, 1.54) is 11.1 Å². The van der Waals surface area contributed by atoms with Crippen LogP contribution in [0.3, 0.4) is 0 Å². The first-order valence-corrected chi connectivity index (χ1v) is 6.81. The Morgan fingerprint density at radius 2 is 1.70 bits per heavy atom. The van der Waals surface area contributed by atoms with Gasteiger partial charge in [-0.05, 0) is 43.5 Å².